The van der Waals surface area contributed by atoms with Gasteiger partial charge >= 0.3 is 11.9 Å². The lowest BCUT2D eigenvalue weighted by Crippen LogP contribution is -1.99. The summed E-state index contributed by atoms with van der Waals surface area (Å²) in [7, 11) is 0. The van der Waals surface area contributed by atoms with Gasteiger partial charge in [0.2, 0.25) is 0 Å². The molecule has 0 atom stereocenters. The number of carbonyl (C=O) groups is 2. The van der Waals surface area contributed by atoms with Crippen molar-refractivity contribution >= 4 is 29.3 Å². The van der Waals surface area contributed by atoms with Crippen molar-refractivity contribution in [1.29, 1.82) is 0 Å². The van der Waals surface area contributed by atoms with Crippen LogP contribution >= 0.6 is 0 Å². The lowest BCUT2D eigenvalue weighted by atomic mass is 10.2. The van der Waals surface area contributed by atoms with E-state index in [2.05, 4.69) is 4.89 Å². The molecule has 22 heavy (non-hydrogen) atoms. The van der Waals surface area contributed by atoms with E-state index in [4.69, 9.17) is 20.6 Å². The molecule has 2 rings (SSSR count). The Morgan fingerprint density at radius 2 is 1.27 bits per heavy atom. The van der Waals surface area contributed by atoms with E-state index in [-0.39, 0.29) is 40.0 Å². The summed E-state index contributed by atoms with van der Waals surface area (Å²) >= 11 is 0. The van der Waals surface area contributed by atoms with Gasteiger partial charge in [0.25, 0.3) is 0 Å². The number of aromatic carboxylic acids is 2. The highest BCUT2D eigenvalue weighted by Gasteiger charge is 2.09. The van der Waals surface area contributed by atoms with Crippen LogP contribution in [-0.2, 0) is 0 Å². The van der Waals surface area contributed by atoms with E-state index < -0.39 is 11.9 Å². The zero-order chi connectivity index (χ0) is 15.8. The van der Waals surface area contributed by atoms with Gasteiger partial charge in [-0.3, -0.25) is 0 Å². The number of carboxylic acids is 2. The van der Waals surface area contributed by atoms with Crippen LogP contribution in [0.2, 0.25) is 0 Å². The third-order valence-electron chi connectivity index (χ3n) is 2.35. The van der Waals surface area contributed by atoms with Crippen LogP contribution in [0.3, 0.4) is 0 Å². The predicted octanol–water partition coefficient (Wildman–Crippen LogP) is 1.14. The number of para-hydroxylation sites is 2. The van der Waals surface area contributed by atoms with Crippen LogP contribution in [0.1, 0.15) is 20.7 Å². The minimum absolute atomic E-state index is 0. The summed E-state index contributed by atoms with van der Waals surface area (Å²) in [6, 6.07) is 11.6. The van der Waals surface area contributed by atoms with Gasteiger partial charge in [-0.05, 0) is 24.3 Å². The molecule has 0 radical (unpaired) electrons. The van der Waals surface area contributed by atoms with Crippen molar-refractivity contribution in [1.82, 2.24) is 0 Å². The number of aromatic hydroxyl groups is 1. The summed E-state index contributed by atoms with van der Waals surface area (Å²) in [5, 5.41) is 34.0. The first-order chi connectivity index (χ1) is 9.97. The summed E-state index contributed by atoms with van der Waals surface area (Å²) in [5.41, 5.74) is -0.127. The minimum Gasteiger partial charge on any atom is -0.507 e. The van der Waals surface area contributed by atoms with Crippen LogP contribution in [-0.4, -0.2) is 49.9 Å². The third kappa shape index (κ3) is 5.46. The molecular formula is C14H15AlO7. The molecule has 7 nitrogen and oxygen atoms in total. The first kappa shape index (κ1) is 19.5. The maximum atomic E-state index is 10.4. The third-order valence-corrected chi connectivity index (χ3v) is 2.35. The van der Waals surface area contributed by atoms with E-state index in [1.165, 1.54) is 24.3 Å². The first-order valence-electron chi connectivity index (χ1n) is 5.62. The lowest BCUT2D eigenvalue weighted by molar-refractivity contribution is -0.138. The fourth-order valence-electron chi connectivity index (χ4n) is 1.38. The van der Waals surface area contributed by atoms with E-state index >= 15 is 0 Å². The van der Waals surface area contributed by atoms with Crippen molar-refractivity contribution in [2.45, 2.75) is 0 Å². The molecule has 0 saturated heterocycles. The van der Waals surface area contributed by atoms with Crippen LogP contribution in [0.15, 0.2) is 48.5 Å². The van der Waals surface area contributed by atoms with Crippen molar-refractivity contribution in [3.05, 3.63) is 59.7 Å². The molecule has 8 heteroatoms. The van der Waals surface area contributed by atoms with Crippen LogP contribution < -0.4 is 4.89 Å². The van der Waals surface area contributed by atoms with Crippen molar-refractivity contribution < 1.29 is 35.1 Å². The van der Waals surface area contributed by atoms with Crippen LogP contribution in [0.25, 0.3) is 0 Å². The Bertz CT molecular complexity index is 643. The highest BCUT2D eigenvalue weighted by molar-refractivity contribution is 5.91. The molecule has 0 amide bonds. The highest BCUT2D eigenvalue weighted by atomic mass is 27.0. The van der Waals surface area contributed by atoms with Gasteiger partial charge in [0.05, 0.1) is 0 Å². The van der Waals surface area contributed by atoms with E-state index in [0.717, 1.165) is 0 Å². The Balaban J connectivity index is 0.000000385. The van der Waals surface area contributed by atoms with Gasteiger partial charge in [-0.2, -0.15) is 0 Å². The van der Waals surface area contributed by atoms with Gasteiger partial charge in [-0.1, -0.05) is 24.3 Å². The van der Waals surface area contributed by atoms with Crippen molar-refractivity contribution in [2.24, 2.45) is 0 Å². The number of rotatable bonds is 3. The van der Waals surface area contributed by atoms with E-state index in [9.17, 15) is 9.59 Å². The maximum absolute atomic E-state index is 10.4. The summed E-state index contributed by atoms with van der Waals surface area (Å²) in [6.07, 6.45) is 0. The number of hydrogen-bond acceptors (Lipinski definition) is 5. The summed E-state index contributed by atoms with van der Waals surface area (Å²) in [6.45, 7) is 0. The molecule has 0 aliphatic rings. The zero-order valence-electron chi connectivity index (χ0n) is 10.6. The fourth-order valence-corrected chi connectivity index (χ4v) is 1.38. The number of carboxylic acid groups (broad SMARTS) is 2. The second kappa shape index (κ2) is 9.42. The second-order valence-corrected chi connectivity index (χ2v) is 3.71. The standard InChI is InChI=1S/C7H6O4.C7H6O3.Al.3H/c8-7(9)5-3-1-2-4-6(5)11-10;8-6-4-2-1-3-5(6)7(9)10;;;;/h1-4,10H,(H,8,9);1-4,8H,(H,9,10);;;;. The van der Waals surface area contributed by atoms with Crippen LogP contribution in [0.5, 0.6) is 11.5 Å². The van der Waals surface area contributed by atoms with Crippen molar-refractivity contribution in [2.75, 3.05) is 0 Å². The predicted molar refractivity (Wildman–Crippen MR) is 81.7 cm³/mol. The second-order valence-electron chi connectivity index (χ2n) is 3.71. The molecule has 0 bridgehead atoms. The molecule has 0 aliphatic carbocycles. The Hall–Kier alpha value is -2.53. The normalized spacial score (nSPS) is 8.77. The quantitative estimate of drug-likeness (QED) is 0.379. The monoisotopic (exact) mass is 322 g/mol. The summed E-state index contributed by atoms with van der Waals surface area (Å²) in [4.78, 5) is 24.5. The average Bonchev–Trinajstić information content (AvgIpc) is 2.48. The number of benzene rings is 2. The molecule has 0 unspecified atom stereocenters. The molecule has 2 aromatic carbocycles. The molecule has 0 aliphatic heterocycles. The topological polar surface area (TPSA) is 124 Å². The van der Waals surface area contributed by atoms with Crippen LogP contribution in [0.4, 0.5) is 0 Å². The summed E-state index contributed by atoms with van der Waals surface area (Å²) in [5.74, 6) is -2.50. The van der Waals surface area contributed by atoms with Gasteiger partial charge in [0.15, 0.2) is 23.1 Å². The Kier molecular flexibility index (Phi) is 8.33. The van der Waals surface area contributed by atoms with E-state index in [1.807, 2.05) is 0 Å². The molecule has 0 fully saturated rings. The van der Waals surface area contributed by atoms with Gasteiger partial charge in [0, 0.05) is 0 Å². The first-order valence-corrected chi connectivity index (χ1v) is 5.62. The van der Waals surface area contributed by atoms with E-state index in [0.29, 0.717) is 0 Å². The van der Waals surface area contributed by atoms with Gasteiger partial charge in [-0.15, -0.1) is 0 Å². The average molecular weight is 322 g/mol. The van der Waals surface area contributed by atoms with Crippen LogP contribution in [0, 0.1) is 0 Å². The Morgan fingerprint density at radius 3 is 1.64 bits per heavy atom. The molecule has 2 aromatic rings. The van der Waals surface area contributed by atoms with Gasteiger partial charge < -0.3 is 20.2 Å². The smallest absolute Gasteiger partial charge is 0.339 e. The minimum atomic E-state index is -1.13. The Morgan fingerprint density at radius 1 is 0.818 bits per heavy atom. The highest BCUT2D eigenvalue weighted by Crippen LogP contribution is 2.16. The van der Waals surface area contributed by atoms with Crippen molar-refractivity contribution in [3.8, 4) is 11.5 Å². The molecule has 0 heterocycles. The van der Waals surface area contributed by atoms with Gasteiger partial charge in [-0.25, -0.2) is 14.8 Å². The van der Waals surface area contributed by atoms with Gasteiger partial charge in [0.1, 0.15) is 16.9 Å². The number of hydrogen-bond donors (Lipinski definition) is 4. The fraction of sp³-hybridized carbons (Fsp3) is 0. The maximum Gasteiger partial charge on any atom is 0.339 e. The van der Waals surface area contributed by atoms with Crippen molar-refractivity contribution in [3.63, 3.8) is 0 Å². The largest absolute Gasteiger partial charge is 0.507 e. The lowest BCUT2D eigenvalue weighted by Gasteiger charge is -1.99. The molecule has 4 N–H and O–H groups in total. The number of phenols is 1. The molecule has 0 spiro atoms. The molecule has 0 aromatic heterocycles. The SMILES string of the molecule is O=C(O)c1ccccc1O.O=C(O)c1ccccc1OO.[AlH3]. The Labute approximate surface area is 136 Å². The molecule has 116 valence electrons. The van der Waals surface area contributed by atoms with E-state index in [1.54, 1.807) is 24.3 Å². The summed E-state index contributed by atoms with van der Waals surface area (Å²) < 4.78 is 0. The zero-order valence-corrected chi connectivity index (χ0v) is 10.6. The molecular weight excluding hydrogens is 307 g/mol. The molecule has 0 saturated carbocycles.